The van der Waals surface area contributed by atoms with Gasteiger partial charge in [-0.15, -0.1) is 0 Å². The van der Waals surface area contributed by atoms with Crippen LogP contribution in [0.1, 0.15) is 17.0 Å². The van der Waals surface area contributed by atoms with Crippen LogP contribution in [0.2, 0.25) is 0 Å². The van der Waals surface area contributed by atoms with E-state index < -0.39 is 0 Å². The minimum absolute atomic E-state index is 0.636. The molecule has 5 nitrogen and oxygen atoms in total. The molecule has 0 aliphatic rings. The van der Waals surface area contributed by atoms with Gasteiger partial charge in [0, 0.05) is 19.5 Å². The molecule has 2 rings (SSSR count). The normalized spacial score (nSPS) is 10.1. The minimum Gasteiger partial charge on any atom is -0.340 e. The summed E-state index contributed by atoms with van der Waals surface area (Å²) in [5.41, 5.74) is 1.83. The van der Waals surface area contributed by atoms with Crippen LogP contribution in [0.15, 0.2) is 35.1 Å². The number of rotatable bonds is 5. The molecule has 1 heterocycles. The quantitative estimate of drug-likeness (QED) is 0.780. The Morgan fingerprint density at radius 2 is 2.12 bits per heavy atom. The lowest BCUT2D eigenvalue weighted by Crippen LogP contribution is -2.16. The lowest BCUT2D eigenvalue weighted by Gasteiger charge is -2.02. The molecular formula is C12H12N4O. The first-order chi connectivity index (χ1) is 8.38. The average Bonchev–Trinajstić information content (AvgIpc) is 2.88. The molecule has 2 aromatic rings. The molecule has 0 spiro atoms. The number of nitrogens with zero attached hydrogens (tertiary/aromatic N) is 3. The van der Waals surface area contributed by atoms with Crippen molar-refractivity contribution in [2.45, 2.75) is 13.0 Å². The predicted molar refractivity (Wildman–Crippen MR) is 60.9 cm³/mol. The Morgan fingerprint density at radius 3 is 2.76 bits per heavy atom. The molecule has 1 aromatic heterocycles. The van der Waals surface area contributed by atoms with E-state index in [0.717, 1.165) is 25.1 Å². The molecule has 1 aromatic carbocycles. The summed E-state index contributed by atoms with van der Waals surface area (Å²) in [6.07, 6.45) is 2.12. The number of aromatic nitrogens is 2. The highest BCUT2D eigenvalue weighted by molar-refractivity contribution is 5.31. The molecule has 0 unspecified atom stereocenters. The first-order valence-electron chi connectivity index (χ1n) is 5.34. The van der Waals surface area contributed by atoms with Crippen LogP contribution in [-0.4, -0.2) is 16.7 Å². The third kappa shape index (κ3) is 3.40. The Bertz CT molecular complexity index is 484. The molecule has 0 fully saturated rings. The van der Waals surface area contributed by atoms with Crippen molar-refractivity contribution in [3.05, 3.63) is 47.6 Å². The Hall–Kier alpha value is -2.19. The smallest absolute Gasteiger partial charge is 0.227 e. The van der Waals surface area contributed by atoms with E-state index in [0.29, 0.717) is 11.5 Å². The fourth-order valence-electron chi connectivity index (χ4n) is 1.43. The maximum Gasteiger partial charge on any atom is 0.227 e. The Balaban J connectivity index is 1.73. The van der Waals surface area contributed by atoms with Crippen LogP contribution in [0.5, 0.6) is 0 Å². The topological polar surface area (TPSA) is 74.7 Å². The van der Waals surface area contributed by atoms with Crippen LogP contribution in [0.4, 0.5) is 0 Å². The van der Waals surface area contributed by atoms with E-state index in [4.69, 9.17) is 9.78 Å². The molecule has 0 aliphatic heterocycles. The number of nitrogens with one attached hydrogen (secondary N) is 1. The van der Waals surface area contributed by atoms with E-state index in [1.165, 1.54) is 6.33 Å². The highest BCUT2D eigenvalue weighted by Gasteiger charge is 1.98. The molecule has 0 amide bonds. The van der Waals surface area contributed by atoms with Crippen LogP contribution in [0.3, 0.4) is 0 Å². The third-order valence-corrected chi connectivity index (χ3v) is 2.33. The number of hydrogen-bond acceptors (Lipinski definition) is 5. The molecule has 86 valence electrons. The van der Waals surface area contributed by atoms with Gasteiger partial charge in [-0.25, -0.2) is 0 Å². The monoisotopic (exact) mass is 228 g/mol. The molecule has 0 saturated heterocycles. The number of benzene rings is 1. The Kier molecular flexibility index (Phi) is 3.84. The fourth-order valence-corrected chi connectivity index (χ4v) is 1.43. The van der Waals surface area contributed by atoms with Gasteiger partial charge in [-0.05, 0) is 17.7 Å². The first kappa shape index (κ1) is 11.3. The van der Waals surface area contributed by atoms with E-state index in [-0.39, 0.29) is 0 Å². The van der Waals surface area contributed by atoms with Crippen LogP contribution in [-0.2, 0) is 13.0 Å². The van der Waals surface area contributed by atoms with Gasteiger partial charge in [0.1, 0.15) is 0 Å². The summed E-state index contributed by atoms with van der Waals surface area (Å²) < 4.78 is 4.88. The summed E-state index contributed by atoms with van der Waals surface area (Å²) in [6, 6.07) is 9.61. The van der Waals surface area contributed by atoms with Gasteiger partial charge in [-0.3, -0.25) is 0 Å². The molecule has 1 N–H and O–H groups in total. The van der Waals surface area contributed by atoms with Crippen LogP contribution < -0.4 is 5.32 Å². The van der Waals surface area contributed by atoms with Crippen molar-refractivity contribution in [1.82, 2.24) is 15.5 Å². The summed E-state index contributed by atoms with van der Waals surface area (Å²) in [7, 11) is 0. The molecule has 0 bridgehead atoms. The second-order valence-electron chi connectivity index (χ2n) is 3.57. The van der Waals surface area contributed by atoms with Gasteiger partial charge in [0.2, 0.25) is 5.89 Å². The van der Waals surface area contributed by atoms with Crippen molar-refractivity contribution in [2.24, 2.45) is 0 Å². The van der Waals surface area contributed by atoms with Gasteiger partial charge in [-0.1, -0.05) is 17.3 Å². The van der Waals surface area contributed by atoms with E-state index in [2.05, 4.69) is 21.5 Å². The molecule has 17 heavy (non-hydrogen) atoms. The zero-order valence-electron chi connectivity index (χ0n) is 9.26. The lowest BCUT2D eigenvalue weighted by atomic mass is 10.1. The van der Waals surface area contributed by atoms with E-state index in [1.54, 1.807) is 0 Å². The molecule has 0 atom stereocenters. The van der Waals surface area contributed by atoms with Crippen LogP contribution in [0.25, 0.3) is 0 Å². The summed E-state index contributed by atoms with van der Waals surface area (Å²) in [5, 5.41) is 15.5. The number of nitriles is 1. The summed E-state index contributed by atoms with van der Waals surface area (Å²) >= 11 is 0. The van der Waals surface area contributed by atoms with Gasteiger partial charge in [0.05, 0.1) is 11.6 Å². The molecule has 5 heteroatoms. The third-order valence-electron chi connectivity index (χ3n) is 2.33. The Labute approximate surface area is 99.1 Å². The molecular weight excluding hydrogens is 216 g/mol. The highest BCUT2D eigenvalue weighted by atomic mass is 16.5. The van der Waals surface area contributed by atoms with Gasteiger partial charge in [-0.2, -0.15) is 10.2 Å². The fraction of sp³-hybridized carbons (Fsp3) is 0.250. The highest BCUT2D eigenvalue weighted by Crippen LogP contribution is 2.02. The Morgan fingerprint density at radius 1 is 1.29 bits per heavy atom. The van der Waals surface area contributed by atoms with Crippen molar-refractivity contribution in [3.63, 3.8) is 0 Å². The molecule has 0 saturated carbocycles. The summed E-state index contributed by atoms with van der Waals surface area (Å²) in [5.74, 6) is 0.636. The standard InChI is InChI=1S/C12H12N4O/c13-7-10-1-3-11(4-2-10)8-14-6-5-12-15-9-16-17-12/h1-4,9,14H,5-6,8H2. The van der Waals surface area contributed by atoms with Crippen molar-refractivity contribution >= 4 is 0 Å². The van der Waals surface area contributed by atoms with Gasteiger partial charge < -0.3 is 9.84 Å². The zero-order valence-corrected chi connectivity index (χ0v) is 9.26. The largest absolute Gasteiger partial charge is 0.340 e. The lowest BCUT2D eigenvalue weighted by molar-refractivity contribution is 0.375. The van der Waals surface area contributed by atoms with Gasteiger partial charge >= 0.3 is 0 Å². The summed E-state index contributed by atoms with van der Waals surface area (Å²) in [4.78, 5) is 3.93. The molecule has 0 radical (unpaired) electrons. The second kappa shape index (κ2) is 5.77. The maximum atomic E-state index is 8.66. The number of hydrogen-bond donors (Lipinski definition) is 1. The van der Waals surface area contributed by atoms with Gasteiger partial charge in [0.15, 0.2) is 6.33 Å². The predicted octanol–water partition coefficient (Wildman–Crippen LogP) is 1.27. The van der Waals surface area contributed by atoms with E-state index in [1.807, 2.05) is 24.3 Å². The van der Waals surface area contributed by atoms with Crippen molar-refractivity contribution in [2.75, 3.05) is 6.54 Å². The van der Waals surface area contributed by atoms with Crippen molar-refractivity contribution in [1.29, 1.82) is 5.26 Å². The summed E-state index contributed by atoms with van der Waals surface area (Å²) in [6.45, 7) is 1.54. The van der Waals surface area contributed by atoms with Crippen molar-refractivity contribution in [3.8, 4) is 6.07 Å². The van der Waals surface area contributed by atoms with Crippen molar-refractivity contribution < 1.29 is 4.52 Å². The molecule has 0 aliphatic carbocycles. The average molecular weight is 228 g/mol. The maximum absolute atomic E-state index is 8.66. The van der Waals surface area contributed by atoms with E-state index in [9.17, 15) is 0 Å². The first-order valence-corrected chi connectivity index (χ1v) is 5.34. The van der Waals surface area contributed by atoms with Gasteiger partial charge in [0.25, 0.3) is 0 Å². The van der Waals surface area contributed by atoms with Crippen LogP contribution >= 0.6 is 0 Å². The zero-order chi connectivity index (χ0) is 11.9. The minimum atomic E-state index is 0.636. The SMILES string of the molecule is N#Cc1ccc(CNCCc2ncno2)cc1. The van der Waals surface area contributed by atoms with Crippen LogP contribution in [0, 0.1) is 11.3 Å². The van der Waals surface area contributed by atoms with E-state index >= 15 is 0 Å². The second-order valence-corrected chi connectivity index (χ2v) is 3.57.